The van der Waals surface area contributed by atoms with Crippen molar-refractivity contribution in [1.82, 2.24) is 29.4 Å². The molecule has 0 aliphatic carbocycles. The lowest BCUT2D eigenvalue weighted by Gasteiger charge is -2.43. The predicted octanol–water partition coefficient (Wildman–Crippen LogP) is 8.55. The van der Waals surface area contributed by atoms with E-state index in [1.54, 1.807) is 61.1 Å². The molecule has 21 heteroatoms. The fraction of sp³-hybridized carbons (Fsp3) is 0.565. The molecule has 4 aliphatic heterocycles. The van der Waals surface area contributed by atoms with Crippen molar-refractivity contribution in [1.29, 1.82) is 0 Å². The summed E-state index contributed by atoms with van der Waals surface area (Å²) >= 11 is 0. The third kappa shape index (κ3) is 20.2. The minimum absolute atomic E-state index is 0.215. The van der Waals surface area contributed by atoms with Gasteiger partial charge >= 0.3 is 24.4 Å². The summed E-state index contributed by atoms with van der Waals surface area (Å²) in [5.74, 6) is -0.984. The van der Waals surface area contributed by atoms with E-state index in [-0.39, 0.29) is 49.4 Å². The summed E-state index contributed by atoms with van der Waals surface area (Å²) in [7, 11) is 0. The Bertz CT molecular complexity index is 2830. The first kappa shape index (κ1) is 69.8. The topological polar surface area (TPSA) is 232 Å². The van der Waals surface area contributed by atoms with Crippen LogP contribution in [0.3, 0.4) is 0 Å². The minimum Gasteiger partial charge on any atom is -0.444 e. The first-order valence-electron chi connectivity index (χ1n) is 31.6. The Balaban J connectivity index is 0.000000256. The molecule has 4 saturated heterocycles. The zero-order valence-electron chi connectivity index (χ0n) is 55.3. The standard InChI is InChI=1S/C35H50N4O6.C34H49N5O6/c1-25(22-27-14-11-15-28(23-27)36-16-18-37(19-17-36)32(42)44-34(2,3)4)30(40)29-31(41)38(24-26-12-9-8-10-13-26)20-21-39(29)33(43)45-35(5,6)7;1-33(2,3)44-31(42)37-17-15-36(16-18-37)26-14-10-13-25(21-26)22-27(35)29(40)28-30(41)38(23-24-11-8-7-9-12-24)19-20-39(28)32(43)45-34(4,5)6/h8-15,23,25,29-30,40H,16-22,24H2,1-7H3;7-14,21,27-29,40H,15-20,22-23,35H2,1-6H3/t25-,29-,30-;27-,28-,29-/m00/s1. The molecule has 0 radical (unpaired) electrons. The van der Waals surface area contributed by atoms with Gasteiger partial charge in [0, 0.05) is 109 Å². The monoisotopic (exact) mass is 1250 g/mol. The summed E-state index contributed by atoms with van der Waals surface area (Å²) in [6, 6.07) is 32.3. The number of hydrogen-bond donors (Lipinski definition) is 3. The number of rotatable bonds is 14. The fourth-order valence-corrected chi connectivity index (χ4v) is 11.4. The van der Waals surface area contributed by atoms with Gasteiger partial charge in [0.15, 0.2) is 0 Å². The Kier molecular flexibility index (Phi) is 23.3. The summed E-state index contributed by atoms with van der Waals surface area (Å²) < 4.78 is 22.3. The normalized spacial score (nSPS) is 19.3. The lowest BCUT2D eigenvalue weighted by Crippen LogP contribution is -2.65. The highest BCUT2D eigenvalue weighted by molar-refractivity contribution is 5.88. The van der Waals surface area contributed by atoms with Crippen LogP contribution in [0.4, 0.5) is 30.6 Å². The van der Waals surface area contributed by atoms with Gasteiger partial charge in [-0.15, -0.1) is 0 Å². The van der Waals surface area contributed by atoms with Gasteiger partial charge in [0.2, 0.25) is 11.8 Å². The fourth-order valence-electron chi connectivity index (χ4n) is 11.4. The first-order chi connectivity index (χ1) is 42.2. The number of piperazine rings is 4. The lowest BCUT2D eigenvalue weighted by molar-refractivity contribution is -0.149. The Morgan fingerprint density at radius 3 is 1.14 bits per heavy atom. The van der Waals surface area contributed by atoms with Gasteiger partial charge < -0.3 is 64.3 Å². The van der Waals surface area contributed by atoms with Gasteiger partial charge in [0.05, 0.1) is 12.2 Å². The molecule has 21 nitrogen and oxygen atoms in total. The highest BCUT2D eigenvalue weighted by Gasteiger charge is 2.47. The van der Waals surface area contributed by atoms with Gasteiger partial charge in [-0.1, -0.05) is 91.9 Å². The summed E-state index contributed by atoms with van der Waals surface area (Å²) in [4.78, 5) is 93.2. The number of benzene rings is 4. The van der Waals surface area contributed by atoms with E-state index < -0.39 is 64.9 Å². The maximum atomic E-state index is 13.9. The van der Waals surface area contributed by atoms with E-state index in [0.717, 1.165) is 33.6 Å². The molecule has 4 aliphatic rings. The lowest BCUT2D eigenvalue weighted by atomic mass is 9.89. The Labute approximate surface area is 532 Å². The molecule has 90 heavy (non-hydrogen) atoms. The van der Waals surface area contributed by atoms with Crippen LogP contribution in [0.5, 0.6) is 0 Å². The summed E-state index contributed by atoms with van der Waals surface area (Å²) in [6.45, 7) is 30.5. The molecule has 0 aromatic heterocycles. The zero-order valence-corrected chi connectivity index (χ0v) is 55.3. The van der Waals surface area contributed by atoms with Crippen LogP contribution >= 0.6 is 0 Å². The van der Waals surface area contributed by atoms with Gasteiger partial charge in [-0.3, -0.25) is 19.4 Å². The second kappa shape index (κ2) is 30.0. The maximum absolute atomic E-state index is 13.9. The van der Waals surface area contributed by atoms with Crippen molar-refractivity contribution in [2.45, 2.75) is 169 Å². The SMILES string of the molecule is CC(C)(C)OC(=O)N1CCN(c2cccc(C[C@H](N)[C@H](O)[C@H]3C(=O)N(Cc4ccccc4)CCN3C(=O)OC(C)(C)C)c2)CC1.C[C@@H](Cc1cccc(N2CCN(C(=O)OC(C)(C)C)CC2)c1)[C@H](O)[C@H]1C(=O)N(Cc2ccccc2)CCN1C(=O)OC(C)(C)C. The first-order valence-corrected chi connectivity index (χ1v) is 31.6. The van der Waals surface area contributed by atoms with E-state index in [0.29, 0.717) is 85.0 Å². The van der Waals surface area contributed by atoms with Gasteiger partial charge in [-0.25, -0.2) is 19.2 Å². The number of carbonyl (C=O) groups excluding carboxylic acids is 6. The smallest absolute Gasteiger partial charge is 0.411 e. The van der Waals surface area contributed by atoms with Crippen molar-refractivity contribution in [2.24, 2.45) is 11.7 Å². The second-order valence-corrected chi connectivity index (χ2v) is 28.0. The molecule has 4 N–H and O–H groups in total. The number of anilines is 2. The number of aliphatic hydroxyl groups is 2. The number of hydrogen-bond acceptors (Lipinski definition) is 15. The van der Waals surface area contributed by atoms with Crippen molar-refractivity contribution < 1.29 is 57.9 Å². The van der Waals surface area contributed by atoms with Crippen LogP contribution in [0.15, 0.2) is 109 Å². The number of carbonyl (C=O) groups is 6. The number of aliphatic hydroxyl groups excluding tert-OH is 2. The van der Waals surface area contributed by atoms with Crippen molar-refractivity contribution in [3.63, 3.8) is 0 Å². The van der Waals surface area contributed by atoms with Crippen LogP contribution < -0.4 is 15.5 Å². The van der Waals surface area contributed by atoms with Crippen molar-refractivity contribution in [3.05, 3.63) is 131 Å². The predicted molar refractivity (Wildman–Crippen MR) is 347 cm³/mol. The number of nitrogens with zero attached hydrogens (tertiary/aromatic N) is 8. The average Bonchev–Trinajstić information content (AvgIpc) is 0.855. The Morgan fingerprint density at radius 2 is 0.778 bits per heavy atom. The summed E-state index contributed by atoms with van der Waals surface area (Å²) in [5, 5.41) is 23.3. The third-order valence-corrected chi connectivity index (χ3v) is 15.8. The van der Waals surface area contributed by atoms with E-state index >= 15 is 0 Å². The van der Waals surface area contributed by atoms with E-state index in [2.05, 4.69) is 15.9 Å². The van der Waals surface area contributed by atoms with E-state index in [1.165, 1.54) is 9.80 Å². The Morgan fingerprint density at radius 1 is 0.444 bits per heavy atom. The molecule has 4 aromatic carbocycles. The molecule has 8 rings (SSSR count). The maximum Gasteiger partial charge on any atom is 0.411 e. The summed E-state index contributed by atoms with van der Waals surface area (Å²) in [5.41, 5.74) is 9.88. The summed E-state index contributed by atoms with van der Waals surface area (Å²) in [6.07, 6.45) is -3.49. The van der Waals surface area contributed by atoms with Crippen LogP contribution in [0.25, 0.3) is 0 Å². The van der Waals surface area contributed by atoms with Gasteiger partial charge in [-0.2, -0.15) is 0 Å². The molecular formula is C69H99N9O12. The van der Waals surface area contributed by atoms with Crippen molar-refractivity contribution >= 4 is 47.6 Å². The third-order valence-electron chi connectivity index (χ3n) is 15.8. The van der Waals surface area contributed by atoms with Crippen molar-refractivity contribution in [3.8, 4) is 0 Å². The minimum atomic E-state index is -1.33. The van der Waals surface area contributed by atoms with Crippen LogP contribution in [-0.2, 0) is 54.5 Å². The van der Waals surface area contributed by atoms with Crippen LogP contribution in [-0.4, -0.2) is 207 Å². The van der Waals surface area contributed by atoms with Gasteiger partial charge in [-0.05, 0) is 148 Å². The molecule has 0 spiro atoms. The van der Waals surface area contributed by atoms with E-state index in [9.17, 15) is 39.0 Å². The zero-order chi connectivity index (χ0) is 65.9. The quantitative estimate of drug-likeness (QED) is 0.100. The van der Waals surface area contributed by atoms with E-state index in [1.807, 2.05) is 152 Å². The van der Waals surface area contributed by atoms with E-state index in [4.69, 9.17) is 24.7 Å². The number of amides is 6. The Hall–Kier alpha value is -7.62. The molecule has 4 heterocycles. The highest BCUT2D eigenvalue weighted by Crippen LogP contribution is 2.29. The molecule has 492 valence electrons. The molecule has 0 bridgehead atoms. The number of nitrogens with two attached hydrogens (primary N) is 1. The van der Waals surface area contributed by atoms with Gasteiger partial charge in [0.25, 0.3) is 0 Å². The molecule has 0 unspecified atom stereocenters. The van der Waals surface area contributed by atoms with Gasteiger partial charge in [0.1, 0.15) is 34.5 Å². The van der Waals surface area contributed by atoms with Crippen LogP contribution in [0, 0.1) is 5.92 Å². The largest absolute Gasteiger partial charge is 0.444 e. The average molecular weight is 1250 g/mol. The molecule has 6 atom stereocenters. The highest BCUT2D eigenvalue weighted by atomic mass is 16.6. The van der Waals surface area contributed by atoms with Crippen LogP contribution in [0.2, 0.25) is 0 Å². The second-order valence-electron chi connectivity index (χ2n) is 28.0. The molecule has 4 aromatic rings. The molecule has 4 fully saturated rings. The molecular weight excluding hydrogens is 1150 g/mol. The van der Waals surface area contributed by atoms with Crippen LogP contribution in [0.1, 0.15) is 112 Å². The van der Waals surface area contributed by atoms with Crippen molar-refractivity contribution in [2.75, 3.05) is 88.3 Å². The molecule has 6 amide bonds. The number of ether oxygens (including phenoxy) is 4. The molecule has 0 saturated carbocycles.